The number of ether oxygens (including phenoxy) is 1. The van der Waals surface area contributed by atoms with Gasteiger partial charge in [-0.15, -0.1) is 0 Å². The third kappa shape index (κ3) is 4.20. The van der Waals surface area contributed by atoms with E-state index in [2.05, 4.69) is 9.71 Å². The molecule has 0 spiro atoms. The topological polar surface area (TPSA) is 114 Å². The summed E-state index contributed by atoms with van der Waals surface area (Å²) in [5, 5.41) is 12.3. The van der Waals surface area contributed by atoms with Crippen LogP contribution in [0.2, 0.25) is 0 Å². The maximum atomic E-state index is 13.0. The first kappa shape index (κ1) is 21.5. The minimum Gasteiger partial charge on any atom is -0.497 e. The Kier molecular flexibility index (Phi) is 5.93. The molecule has 0 aliphatic heterocycles. The third-order valence-electron chi connectivity index (χ3n) is 5.34. The van der Waals surface area contributed by atoms with E-state index >= 15 is 0 Å². The smallest absolute Gasteiger partial charge is 0.289 e. The molecule has 0 saturated heterocycles. The van der Waals surface area contributed by atoms with Gasteiger partial charge in [-0.25, -0.2) is 13.1 Å². The van der Waals surface area contributed by atoms with Gasteiger partial charge in [0.15, 0.2) is 4.90 Å². The van der Waals surface area contributed by atoms with E-state index in [-0.39, 0.29) is 17.4 Å². The molecule has 0 amide bonds. The zero-order chi connectivity index (χ0) is 22.7. The number of hydrogen-bond acceptors (Lipinski definition) is 5. The van der Waals surface area contributed by atoms with Gasteiger partial charge in [0.05, 0.1) is 12.0 Å². The van der Waals surface area contributed by atoms with Crippen LogP contribution in [0.4, 0.5) is 5.69 Å². The average Bonchev–Trinajstić information content (AvgIpc) is 3.23. The van der Waals surface area contributed by atoms with Gasteiger partial charge in [-0.2, -0.15) is 0 Å². The highest BCUT2D eigenvalue weighted by atomic mass is 32.2. The Morgan fingerprint density at radius 3 is 2.44 bits per heavy atom. The molecule has 0 fully saturated rings. The molecule has 9 heteroatoms. The maximum absolute atomic E-state index is 13.0. The van der Waals surface area contributed by atoms with Crippen molar-refractivity contribution in [2.75, 3.05) is 13.7 Å². The molecule has 2 N–H and O–H groups in total. The van der Waals surface area contributed by atoms with Gasteiger partial charge in [0, 0.05) is 35.6 Å². The van der Waals surface area contributed by atoms with Crippen molar-refractivity contribution >= 4 is 26.6 Å². The highest BCUT2D eigenvalue weighted by Crippen LogP contribution is 2.32. The normalized spacial score (nSPS) is 12.5. The molecular weight excluding hydrogens is 430 g/mol. The van der Waals surface area contributed by atoms with Crippen LogP contribution in [0.25, 0.3) is 10.9 Å². The van der Waals surface area contributed by atoms with E-state index in [4.69, 9.17) is 4.74 Å². The first-order valence-corrected chi connectivity index (χ1v) is 11.3. The zero-order valence-electron chi connectivity index (χ0n) is 17.2. The number of methoxy groups -OCH3 is 1. The predicted molar refractivity (Wildman–Crippen MR) is 121 cm³/mol. The number of fused-ring (bicyclic) bond motifs is 1. The molecule has 1 aromatic heterocycles. The fourth-order valence-corrected chi connectivity index (χ4v) is 4.95. The van der Waals surface area contributed by atoms with Gasteiger partial charge in [0.1, 0.15) is 5.75 Å². The number of para-hydroxylation sites is 2. The summed E-state index contributed by atoms with van der Waals surface area (Å²) in [5.74, 6) is 0.349. The van der Waals surface area contributed by atoms with Crippen LogP contribution in [-0.4, -0.2) is 32.0 Å². The highest BCUT2D eigenvalue weighted by molar-refractivity contribution is 7.89. The zero-order valence-corrected chi connectivity index (χ0v) is 18.0. The van der Waals surface area contributed by atoms with Crippen LogP contribution in [0.5, 0.6) is 5.75 Å². The molecule has 3 aromatic carbocycles. The van der Waals surface area contributed by atoms with Gasteiger partial charge in [-0.1, -0.05) is 42.5 Å². The van der Waals surface area contributed by atoms with Gasteiger partial charge in [0.25, 0.3) is 5.69 Å². The Balaban J connectivity index is 1.72. The van der Waals surface area contributed by atoms with Crippen molar-refractivity contribution in [2.24, 2.45) is 0 Å². The Morgan fingerprint density at radius 2 is 1.72 bits per heavy atom. The molecule has 8 nitrogen and oxygen atoms in total. The fourth-order valence-electron chi connectivity index (χ4n) is 3.73. The van der Waals surface area contributed by atoms with E-state index in [0.717, 1.165) is 22.0 Å². The van der Waals surface area contributed by atoms with Crippen molar-refractivity contribution in [2.45, 2.75) is 10.8 Å². The van der Waals surface area contributed by atoms with Crippen LogP contribution in [0.1, 0.15) is 17.0 Å². The molecule has 4 rings (SSSR count). The third-order valence-corrected chi connectivity index (χ3v) is 6.81. The van der Waals surface area contributed by atoms with Crippen LogP contribution in [0.3, 0.4) is 0 Å². The Hall–Kier alpha value is -3.69. The Labute approximate surface area is 185 Å². The Morgan fingerprint density at radius 1 is 1.03 bits per heavy atom. The van der Waals surface area contributed by atoms with Gasteiger partial charge >= 0.3 is 0 Å². The van der Waals surface area contributed by atoms with Crippen LogP contribution < -0.4 is 9.46 Å². The summed E-state index contributed by atoms with van der Waals surface area (Å²) in [4.78, 5) is 13.5. The molecule has 0 aliphatic rings. The number of nitrogens with one attached hydrogen (secondary N) is 2. The van der Waals surface area contributed by atoms with Gasteiger partial charge < -0.3 is 9.72 Å². The molecule has 0 bridgehead atoms. The van der Waals surface area contributed by atoms with Crippen molar-refractivity contribution in [1.82, 2.24) is 9.71 Å². The predicted octanol–water partition coefficient (Wildman–Crippen LogP) is 4.20. The van der Waals surface area contributed by atoms with Gasteiger partial charge in [-0.05, 0) is 35.4 Å². The summed E-state index contributed by atoms with van der Waals surface area (Å²) >= 11 is 0. The van der Waals surface area contributed by atoms with Crippen LogP contribution >= 0.6 is 0 Å². The number of aromatic nitrogens is 1. The number of hydrogen-bond donors (Lipinski definition) is 2. The van der Waals surface area contributed by atoms with E-state index in [0.29, 0.717) is 5.75 Å². The number of nitro benzene ring substituents is 1. The highest BCUT2D eigenvalue weighted by Gasteiger charge is 2.27. The molecule has 4 aromatic rings. The van der Waals surface area contributed by atoms with Crippen molar-refractivity contribution in [1.29, 1.82) is 0 Å². The number of nitrogens with zero attached hydrogens (tertiary/aromatic N) is 1. The number of aromatic amines is 1. The summed E-state index contributed by atoms with van der Waals surface area (Å²) in [6.45, 7) is 0.0164. The van der Waals surface area contributed by atoms with Crippen LogP contribution in [0, 0.1) is 10.1 Å². The second kappa shape index (κ2) is 8.81. The Bertz CT molecular complexity index is 1360. The molecule has 32 heavy (non-hydrogen) atoms. The summed E-state index contributed by atoms with van der Waals surface area (Å²) < 4.78 is 33.8. The summed E-state index contributed by atoms with van der Waals surface area (Å²) in [6, 6.07) is 20.4. The molecular formula is C23H21N3O5S. The van der Waals surface area contributed by atoms with E-state index in [9.17, 15) is 18.5 Å². The van der Waals surface area contributed by atoms with Crippen LogP contribution in [0.15, 0.2) is 83.9 Å². The first-order valence-electron chi connectivity index (χ1n) is 9.84. The summed E-state index contributed by atoms with van der Waals surface area (Å²) in [7, 11) is -2.55. The maximum Gasteiger partial charge on any atom is 0.289 e. The summed E-state index contributed by atoms with van der Waals surface area (Å²) in [5.41, 5.74) is 2.26. The van der Waals surface area contributed by atoms with Crippen molar-refractivity contribution in [3.8, 4) is 5.75 Å². The van der Waals surface area contributed by atoms with Crippen molar-refractivity contribution < 1.29 is 18.1 Å². The lowest BCUT2D eigenvalue weighted by molar-refractivity contribution is -0.387. The average molecular weight is 452 g/mol. The van der Waals surface area contributed by atoms with E-state index in [1.54, 1.807) is 7.11 Å². The number of benzene rings is 3. The molecule has 1 heterocycles. The number of sulfonamides is 1. The lowest BCUT2D eigenvalue weighted by Crippen LogP contribution is -2.29. The van der Waals surface area contributed by atoms with Gasteiger partial charge in [-0.3, -0.25) is 10.1 Å². The fraction of sp³-hybridized carbons (Fsp3) is 0.130. The molecule has 164 valence electrons. The number of nitro groups is 1. The quantitative estimate of drug-likeness (QED) is 0.308. The molecule has 0 unspecified atom stereocenters. The first-order chi connectivity index (χ1) is 15.4. The second-order valence-corrected chi connectivity index (χ2v) is 8.93. The summed E-state index contributed by atoms with van der Waals surface area (Å²) in [6.07, 6.45) is 1.86. The van der Waals surface area contributed by atoms with E-state index in [1.165, 1.54) is 24.3 Å². The number of rotatable bonds is 8. The molecule has 1 atom stereocenters. The molecule has 0 radical (unpaired) electrons. The standard InChI is InChI=1S/C23H21N3O5S/c1-31-17-12-10-16(11-13-17)19(20-14-24-21-7-3-2-6-18(20)21)15-25-32(29,30)23-9-5-4-8-22(23)26(27)28/h2-14,19,24-25H,15H2,1H3/t19-/m1/s1. The number of H-pyrrole nitrogens is 1. The van der Waals surface area contributed by atoms with E-state index < -0.39 is 20.6 Å². The second-order valence-electron chi connectivity index (χ2n) is 7.19. The van der Waals surface area contributed by atoms with E-state index in [1.807, 2.05) is 54.7 Å². The van der Waals surface area contributed by atoms with Crippen LogP contribution in [-0.2, 0) is 10.0 Å². The van der Waals surface area contributed by atoms with Crippen molar-refractivity contribution in [3.63, 3.8) is 0 Å². The molecule has 0 saturated carbocycles. The van der Waals surface area contributed by atoms with Crippen molar-refractivity contribution in [3.05, 3.63) is 100 Å². The molecule has 0 aliphatic carbocycles. The van der Waals surface area contributed by atoms with Gasteiger partial charge in [0.2, 0.25) is 10.0 Å². The lowest BCUT2D eigenvalue weighted by atomic mass is 9.91. The minimum atomic E-state index is -4.12. The monoisotopic (exact) mass is 451 g/mol. The minimum absolute atomic E-state index is 0.0164. The SMILES string of the molecule is COc1ccc([C@@H](CNS(=O)(=O)c2ccccc2[N+](=O)[O-])c2c[nH]c3ccccc23)cc1. The lowest BCUT2D eigenvalue weighted by Gasteiger charge is -2.19. The largest absolute Gasteiger partial charge is 0.497 e.